The molecule has 1 N–H and O–H groups in total. The first-order valence-electron chi connectivity index (χ1n) is 8.00. The zero-order chi connectivity index (χ0) is 19.6. The highest BCUT2D eigenvalue weighted by molar-refractivity contribution is 6.30. The van der Waals surface area contributed by atoms with Crippen LogP contribution in [-0.4, -0.2) is 15.7 Å². The molecule has 3 rings (SSSR count). The lowest BCUT2D eigenvalue weighted by atomic mass is 10.2. The molecule has 0 radical (unpaired) electrons. The number of benzene rings is 2. The van der Waals surface area contributed by atoms with Crippen molar-refractivity contribution in [2.75, 3.05) is 0 Å². The number of nitrogens with one attached hydrogen (secondary N) is 1. The van der Waals surface area contributed by atoms with E-state index in [4.69, 9.17) is 11.6 Å². The molecule has 0 bridgehead atoms. The van der Waals surface area contributed by atoms with E-state index < -0.39 is 11.7 Å². The normalized spacial score (nSPS) is 11.4. The Hall–Kier alpha value is -2.80. The van der Waals surface area contributed by atoms with Crippen molar-refractivity contribution in [2.45, 2.75) is 19.6 Å². The molecule has 0 fully saturated rings. The monoisotopic (exact) mass is 393 g/mol. The van der Waals surface area contributed by atoms with Gasteiger partial charge >= 0.3 is 6.18 Å². The van der Waals surface area contributed by atoms with E-state index in [1.165, 1.54) is 23.0 Å². The zero-order valence-electron chi connectivity index (χ0n) is 14.2. The lowest BCUT2D eigenvalue weighted by Gasteiger charge is -2.10. The summed E-state index contributed by atoms with van der Waals surface area (Å²) in [4.78, 5) is 12.4. The van der Waals surface area contributed by atoms with Crippen LogP contribution in [0.1, 0.15) is 27.2 Å². The fourth-order valence-corrected chi connectivity index (χ4v) is 2.71. The van der Waals surface area contributed by atoms with Crippen molar-refractivity contribution in [2.24, 2.45) is 0 Å². The molecule has 3 aromatic rings. The topological polar surface area (TPSA) is 46.9 Å². The molecule has 1 aromatic heterocycles. The van der Waals surface area contributed by atoms with Gasteiger partial charge in [0.2, 0.25) is 0 Å². The van der Waals surface area contributed by atoms with Crippen molar-refractivity contribution in [3.05, 3.63) is 82.1 Å². The predicted octanol–water partition coefficient (Wildman–Crippen LogP) is 4.78. The maximum Gasteiger partial charge on any atom is 0.416 e. The van der Waals surface area contributed by atoms with Crippen molar-refractivity contribution in [3.63, 3.8) is 0 Å². The summed E-state index contributed by atoms with van der Waals surface area (Å²) in [6, 6.07) is 11.8. The summed E-state index contributed by atoms with van der Waals surface area (Å²) in [6.07, 6.45) is -3.11. The van der Waals surface area contributed by atoms with E-state index in [0.717, 1.165) is 17.7 Å². The number of alkyl halides is 3. The zero-order valence-corrected chi connectivity index (χ0v) is 15.0. The van der Waals surface area contributed by atoms with E-state index >= 15 is 0 Å². The molecular formula is C19H15ClF3N3O. The number of nitrogens with zero attached hydrogens (tertiary/aromatic N) is 2. The summed E-state index contributed by atoms with van der Waals surface area (Å²) in [5.74, 6) is -0.360. The number of carbonyl (C=O) groups excluding carboxylic acids is 1. The predicted molar refractivity (Wildman–Crippen MR) is 95.9 cm³/mol. The second kappa shape index (κ2) is 7.44. The van der Waals surface area contributed by atoms with Gasteiger partial charge in [-0.15, -0.1) is 0 Å². The van der Waals surface area contributed by atoms with E-state index in [1.54, 1.807) is 31.2 Å². The summed E-state index contributed by atoms with van der Waals surface area (Å²) < 4.78 is 40.0. The van der Waals surface area contributed by atoms with Crippen molar-refractivity contribution < 1.29 is 18.0 Å². The second-order valence-electron chi connectivity index (χ2n) is 5.91. The average Bonchev–Trinajstić information content (AvgIpc) is 3.02. The van der Waals surface area contributed by atoms with Gasteiger partial charge in [0, 0.05) is 11.6 Å². The molecule has 0 atom stereocenters. The Morgan fingerprint density at radius 2 is 1.89 bits per heavy atom. The first kappa shape index (κ1) is 19.0. The molecule has 4 nitrogen and oxygen atoms in total. The Labute approximate surface area is 158 Å². The lowest BCUT2D eigenvalue weighted by molar-refractivity contribution is -0.137. The summed E-state index contributed by atoms with van der Waals surface area (Å²) in [7, 11) is 0. The van der Waals surface area contributed by atoms with Crippen LogP contribution in [0.5, 0.6) is 0 Å². The van der Waals surface area contributed by atoms with Gasteiger partial charge in [-0.05, 0) is 42.8 Å². The Kier molecular flexibility index (Phi) is 5.23. The van der Waals surface area contributed by atoms with Gasteiger partial charge in [-0.3, -0.25) is 4.79 Å². The number of halogens is 4. The SMILES string of the molecule is Cc1c(C(=O)NCc2ccc(Cl)cc2)cnn1-c1cccc(C(F)(F)F)c1. The standard InChI is InChI=1S/C19H15ClF3N3O/c1-12-17(18(27)24-10-13-5-7-15(20)8-6-13)11-25-26(12)16-4-2-3-14(9-16)19(21,22)23/h2-9,11H,10H2,1H3,(H,24,27). The van der Waals surface area contributed by atoms with Crippen LogP contribution in [0.4, 0.5) is 13.2 Å². The number of carbonyl (C=O) groups is 1. The van der Waals surface area contributed by atoms with Gasteiger partial charge in [-0.2, -0.15) is 18.3 Å². The van der Waals surface area contributed by atoms with E-state index in [2.05, 4.69) is 10.4 Å². The van der Waals surface area contributed by atoms with E-state index in [-0.39, 0.29) is 11.6 Å². The molecule has 0 aliphatic carbocycles. The number of hydrogen-bond donors (Lipinski definition) is 1. The van der Waals surface area contributed by atoms with Gasteiger partial charge in [-0.1, -0.05) is 29.8 Å². The molecule has 0 spiro atoms. The number of rotatable bonds is 4. The Balaban J connectivity index is 1.78. The number of hydrogen-bond acceptors (Lipinski definition) is 2. The van der Waals surface area contributed by atoms with Crippen LogP contribution < -0.4 is 5.32 Å². The third kappa shape index (κ3) is 4.31. The molecule has 0 aliphatic heterocycles. The molecule has 8 heteroatoms. The molecule has 2 aromatic carbocycles. The largest absolute Gasteiger partial charge is 0.416 e. The maximum absolute atomic E-state index is 12.9. The second-order valence-corrected chi connectivity index (χ2v) is 6.35. The van der Waals surface area contributed by atoms with Gasteiger partial charge in [0.15, 0.2) is 0 Å². The molecule has 27 heavy (non-hydrogen) atoms. The molecule has 1 amide bonds. The molecule has 0 aliphatic rings. The van der Waals surface area contributed by atoms with E-state index in [9.17, 15) is 18.0 Å². The van der Waals surface area contributed by atoms with Crippen LogP contribution in [0.25, 0.3) is 5.69 Å². The molecule has 0 saturated carbocycles. The van der Waals surface area contributed by atoms with Crippen molar-refractivity contribution in [1.82, 2.24) is 15.1 Å². The lowest BCUT2D eigenvalue weighted by Crippen LogP contribution is -2.23. The van der Waals surface area contributed by atoms with E-state index in [1.807, 2.05) is 0 Å². The molecular weight excluding hydrogens is 379 g/mol. The fraction of sp³-hybridized carbons (Fsp3) is 0.158. The molecule has 140 valence electrons. The summed E-state index contributed by atoms with van der Waals surface area (Å²) in [5, 5.41) is 7.43. The molecule has 1 heterocycles. The highest BCUT2D eigenvalue weighted by Crippen LogP contribution is 2.30. The number of aromatic nitrogens is 2. The summed E-state index contributed by atoms with van der Waals surface area (Å²) >= 11 is 5.82. The Bertz CT molecular complexity index is 965. The third-order valence-corrected chi connectivity index (χ3v) is 4.29. The smallest absolute Gasteiger partial charge is 0.348 e. The molecule has 0 saturated heterocycles. The van der Waals surface area contributed by atoms with E-state index in [0.29, 0.717) is 22.8 Å². The summed E-state index contributed by atoms with van der Waals surface area (Å²) in [5.41, 5.74) is 1.07. The maximum atomic E-state index is 12.9. The average molecular weight is 394 g/mol. The first-order valence-corrected chi connectivity index (χ1v) is 8.38. The minimum absolute atomic E-state index is 0.235. The highest BCUT2D eigenvalue weighted by Gasteiger charge is 2.30. The quantitative estimate of drug-likeness (QED) is 0.693. The van der Waals surface area contributed by atoms with Crippen molar-refractivity contribution >= 4 is 17.5 Å². The van der Waals surface area contributed by atoms with Gasteiger partial charge in [0.25, 0.3) is 5.91 Å². The fourth-order valence-electron chi connectivity index (χ4n) is 2.59. The minimum Gasteiger partial charge on any atom is -0.348 e. The van der Waals surface area contributed by atoms with Crippen LogP contribution in [0, 0.1) is 6.92 Å². The van der Waals surface area contributed by atoms with Crippen LogP contribution in [0.15, 0.2) is 54.7 Å². The van der Waals surface area contributed by atoms with Crippen molar-refractivity contribution in [1.29, 1.82) is 0 Å². The molecule has 0 unspecified atom stereocenters. The van der Waals surface area contributed by atoms with Crippen molar-refractivity contribution in [3.8, 4) is 5.69 Å². The Morgan fingerprint density at radius 1 is 1.19 bits per heavy atom. The first-order chi connectivity index (χ1) is 12.8. The van der Waals surface area contributed by atoms with Crippen LogP contribution >= 0.6 is 11.6 Å². The third-order valence-electron chi connectivity index (χ3n) is 4.04. The van der Waals surface area contributed by atoms with Crippen LogP contribution in [-0.2, 0) is 12.7 Å². The summed E-state index contributed by atoms with van der Waals surface area (Å²) in [6.45, 7) is 1.93. The van der Waals surface area contributed by atoms with Crippen LogP contribution in [0.2, 0.25) is 5.02 Å². The Morgan fingerprint density at radius 3 is 2.56 bits per heavy atom. The van der Waals surface area contributed by atoms with Gasteiger partial charge in [0.1, 0.15) is 0 Å². The minimum atomic E-state index is -4.45. The number of amides is 1. The van der Waals surface area contributed by atoms with Gasteiger partial charge in [-0.25, -0.2) is 4.68 Å². The highest BCUT2D eigenvalue weighted by atomic mass is 35.5. The van der Waals surface area contributed by atoms with Crippen LogP contribution in [0.3, 0.4) is 0 Å². The van der Waals surface area contributed by atoms with Gasteiger partial charge < -0.3 is 5.32 Å². The van der Waals surface area contributed by atoms with Gasteiger partial charge in [0.05, 0.1) is 28.7 Å².